The van der Waals surface area contributed by atoms with Gasteiger partial charge in [0.1, 0.15) is 5.82 Å². The van der Waals surface area contributed by atoms with Gasteiger partial charge < -0.3 is 4.90 Å². The normalized spacial score (nSPS) is 16.4. The van der Waals surface area contributed by atoms with Gasteiger partial charge in [0.2, 0.25) is 0 Å². The number of hydrogen-bond acceptors (Lipinski definition) is 5. The SMILES string of the molecule is Cc1nc(CCN2CCN(c3ccc(Cl)cn3)CC2)cs1. The zero-order valence-electron chi connectivity index (χ0n) is 12.1. The second-order valence-corrected chi connectivity index (χ2v) is 6.77. The summed E-state index contributed by atoms with van der Waals surface area (Å²) < 4.78 is 0. The van der Waals surface area contributed by atoms with Crippen molar-refractivity contribution in [2.24, 2.45) is 0 Å². The van der Waals surface area contributed by atoms with E-state index in [2.05, 4.69) is 32.1 Å². The van der Waals surface area contributed by atoms with E-state index in [0.717, 1.165) is 50.0 Å². The Hall–Kier alpha value is -1.17. The Morgan fingerprint density at radius 1 is 1.24 bits per heavy atom. The summed E-state index contributed by atoms with van der Waals surface area (Å²) >= 11 is 7.61. The molecule has 0 bridgehead atoms. The van der Waals surface area contributed by atoms with Gasteiger partial charge in [-0.2, -0.15) is 0 Å². The Labute approximate surface area is 134 Å². The summed E-state index contributed by atoms with van der Waals surface area (Å²) in [6, 6.07) is 3.90. The molecule has 0 spiro atoms. The molecule has 1 fully saturated rings. The fourth-order valence-corrected chi connectivity index (χ4v) is 3.31. The van der Waals surface area contributed by atoms with E-state index in [9.17, 15) is 0 Å². The number of nitrogens with zero attached hydrogens (tertiary/aromatic N) is 4. The minimum absolute atomic E-state index is 0.691. The number of aryl methyl sites for hydroxylation is 1. The molecule has 21 heavy (non-hydrogen) atoms. The zero-order chi connectivity index (χ0) is 14.7. The molecule has 0 amide bonds. The Kier molecular flexibility index (Phi) is 4.73. The third-order valence-corrected chi connectivity index (χ3v) is 4.80. The average molecular weight is 323 g/mol. The molecule has 0 atom stereocenters. The van der Waals surface area contributed by atoms with Crippen LogP contribution in [0.5, 0.6) is 0 Å². The molecule has 6 heteroatoms. The van der Waals surface area contributed by atoms with Crippen molar-refractivity contribution in [2.45, 2.75) is 13.3 Å². The number of thiazole rings is 1. The number of rotatable bonds is 4. The fraction of sp³-hybridized carbons (Fsp3) is 0.467. The number of pyridine rings is 1. The Bertz CT molecular complexity index is 576. The highest BCUT2D eigenvalue weighted by atomic mass is 35.5. The van der Waals surface area contributed by atoms with Gasteiger partial charge >= 0.3 is 0 Å². The molecule has 0 unspecified atom stereocenters. The van der Waals surface area contributed by atoms with Gasteiger partial charge in [0.05, 0.1) is 15.7 Å². The average Bonchev–Trinajstić information content (AvgIpc) is 2.92. The summed E-state index contributed by atoms with van der Waals surface area (Å²) in [5.41, 5.74) is 1.22. The molecule has 3 rings (SSSR count). The van der Waals surface area contributed by atoms with E-state index in [0.29, 0.717) is 5.02 Å². The van der Waals surface area contributed by atoms with Crippen LogP contribution in [0.3, 0.4) is 0 Å². The van der Waals surface area contributed by atoms with Gasteiger partial charge in [-0.25, -0.2) is 9.97 Å². The van der Waals surface area contributed by atoms with Crippen LogP contribution in [0, 0.1) is 6.92 Å². The molecule has 0 radical (unpaired) electrons. The number of halogens is 1. The first-order valence-electron chi connectivity index (χ1n) is 7.20. The lowest BCUT2D eigenvalue weighted by molar-refractivity contribution is 0.260. The van der Waals surface area contributed by atoms with Crippen molar-refractivity contribution < 1.29 is 0 Å². The third-order valence-electron chi connectivity index (χ3n) is 3.76. The topological polar surface area (TPSA) is 32.3 Å². The fourth-order valence-electron chi connectivity index (χ4n) is 2.55. The molecule has 1 aliphatic heterocycles. The lowest BCUT2D eigenvalue weighted by Crippen LogP contribution is -2.47. The van der Waals surface area contributed by atoms with Crippen LogP contribution in [0.1, 0.15) is 10.7 Å². The monoisotopic (exact) mass is 322 g/mol. The van der Waals surface area contributed by atoms with E-state index >= 15 is 0 Å². The quantitative estimate of drug-likeness (QED) is 0.866. The largest absolute Gasteiger partial charge is 0.354 e. The van der Waals surface area contributed by atoms with Crippen molar-refractivity contribution in [2.75, 3.05) is 37.6 Å². The Morgan fingerprint density at radius 2 is 2.05 bits per heavy atom. The maximum Gasteiger partial charge on any atom is 0.128 e. The molecule has 2 aromatic heterocycles. The maximum absolute atomic E-state index is 5.88. The number of aromatic nitrogens is 2. The van der Waals surface area contributed by atoms with Gasteiger partial charge in [0.25, 0.3) is 0 Å². The van der Waals surface area contributed by atoms with Crippen molar-refractivity contribution in [3.8, 4) is 0 Å². The summed E-state index contributed by atoms with van der Waals surface area (Å²) in [4.78, 5) is 13.7. The summed E-state index contributed by atoms with van der Waals surface area (Å²) in [5, 5.41) is 4.02. The van der Waals surface area contributed by atoms with Crippen LogP contribution >= 0.6 is 22.9 Å². The van der Waals surface area contributed by atoms with Crippen LogP contribution in [0.15, 0.2) is 23.7 Å². The van der Waals surface area contributed by atoms with E-state index in [4.69, 9.17) is 11.6 Å². The van der Waals surface area contributed by atoms with Crippen LogP contribution < -0.4 is 4.90 Å². The minimum Gasteiger partial charge on any atom is -0.354 e. The molecule has 0 aromatic carbocycles. The standard InChI is InChI=1S/C15H19ClN4S/c1-12-18-14(11-21-12)4-5-19-6-8-20(9-7-19)15-3-2-13(16)10-17-15/h2-3,10-11H,4-9H2,1H3. The molecule has 1 saturated heterocycles. The van der Waals surface area contributed by atoms with Crippen molar-refractivity contribution >= 4 is 28.8 Å². The first-order chi connectivity index (χ1) is 10.2. The predicted molar refractivity (Wildman–Crippen MR) is 88.5 cm³/mol. The van der Waals surface area contributed by atoms with Gasteiger partial charge in [0.15, 0.2) is 0 Å². The lowest BCUT2D eigenvalue weighted by atomic mass is 10.2. The molecule has 4 nitrogen and oxygen atoms in total. The summed E-state index contributed by atoms with van der Waals surface area (Å²) in [7, 11) is 0. The van der Waals surface area contributed by atoms with E-state index < -0.39 is 0 Å². The first-order valence-corrected chi connectivity index (χ1v) is 8.46. The molecular weight excluding hydrogens is 304 g/mol. The number of hydrogen-bond donors (Lipinski definition) is 0. The van der Waals surface area contributed by atoms with Crippen LogP contribution in [0.25, 0.3) is 0 Å². The van der Waals surface area contributed by atoms with Crippen LogP contribution in [0.2, 0.25) is 5.02 Å². The first kappa shape index (κ1) is 14.8. The van der Waals surface area contributed by atoms with E-state index in [1.54, 1.807) is 17.5 Å². The van der Waals surface area contributed by atoms with Gasteiger partial charge in [-0.3, -0.25) is 4.90 Å². The van der Waals surface area contributed by atoms with Crippen molar-refractivity contribution in [3.05, 3.63) is 39.4 Å². The molecule has 3 heterocycles. The molecule has 1 aliphatic rings. The molecule has 2 aromatic rings. The lowest BCUT2D eigenvalue weighted by Gasteiger charge is -2.35. The summed E-state index contributed by atoms with van der Waals surface area (Å²) in [6.07, 6.45) is 2.76. The van der Waals surface area contributed by atoms with Crippen LogP contribution in [-0.2, 0) is 6.42 Å². The zero-order valence-corrected chi connectivity index (χ0v) is 13.7. The highest BCUT2D eigenvalue weighted by Crippen LogP contribution is 2.16. The van der Waals surface area contributed by atoms with E-state index in [1.165, 1.54) is 5.69 Å². The van der Waals surface area contributed by atoms with Gasteiger partial charge in [-0.1, -0.05) is 11.6 Å². The van der Waals surface area contributed by atoms with Crippen molar-refractivity contribution in [1.82, 2.24) is 14.9 Å². The van der Waals surface area contributed by atoms with E-state index in [-0.39, 0.29) is 0 Å². The maximum atomic E-state index is 5.88. The van der Waals surface area contributed by atoms with Gasteiger partial charge in [0, 0.05) is 50.7 Å². The second-order valence-electron chi connectivity index (χ2n) is 5.27. The highest BCUT2D eigenvalue weighted by Gasteiger charge is 2.17. The van der Waals surface area contributed by atoms with Crippen molar-refractivity contribution in [1.29, 1.82) is 0 Å². The smallest absolute Gasteiger partial charge is 0.128 e. The van der Waals surface area contributed by atoms with Crippen molar-refractivity contribution in [3.63, 3.8) is 0 Å². The third kappa shape index (κ3) is 3.93. The summed E-state index contributed by atoms with van der Waals surface area (Å²) in [6.45, 7) is 7.34. The Morgan fingerprint density at radius 3 is 2.67 bits per heavy atom. The van der Waals surface area contributed by atoms with Crippen LogP contribution in [-0.4, -0.2) is 47.6 Å². The number of anilines is 1. The van der Waals surface area contributed by atoms with Crippen LogP contribution in [0.4, 0.5) is 5.82 Å². The molecule has 0 saturated carbocycles. The highest BCUT2D eigenvalue weighted by molar-refractivity contribution is 7.09. The van der Waals surface area contributed by atoms with Gasteiger partial charge in [-0.05, 0) is 19.1 Å². The predicted octanol–water partition coefficient (Wildman–Crippen LogP) is 2.86. The molecule has 0 aliphatic carbocycles. The molecular formula is C15H19ClN4S. The minimum atomic E-state index is 0.691. The van der Waals surface area contributed by atoms with Gasteiger partial charge in [-0.15, -0.1) is 11.3 Å². The summed E-state index contributed by atoms with van der Waals surface area (Å²) in [5.74, 6) is 1.02. The Balaban J connectivity index is 1.47. The molecule has 112 valence electrons. The number of piperazine rings is 1. The van der Waals surface area contributed by atoms with E-state index in [1.807, 2.05) is 12.1 Å². The second kappa shape index (κ2) is 6.73. The molecule has 0 N–H and O–H groups in total.